The number of nitrogens with zero attached hydrogens (tertiary/aromatic N) is 2. The molecule has 1 aliphatic rings. The summed E-state index contributed by atoms with van der Waals surface area (Å²) in [5, 5.41) is 3.28. The van der Waals surface area contributed by atoms with Gasteiger partial charge in [-0.25, -0.2) is 0 Å². The smallest absolute Gasteiger partial charge is 0.227 e. The molecule has 0 aliphatic carbocycles. The Balaban J connectivity index is 1.84. The van der Waals surface area contributed by atoms with Crippen molar-refractivity contribution >= 4 is 5.91 Å². The lowest BCUT2D eigenvalue weighted by atomic mass is 9.96. The average Bonchev–Trinajstić information content (AvgIpc) is 2.82. The second kappa shape index (κ2) is 5.96. The molecular formula is C14H21N3O. The molecule has 0 unspecified atom stereocenters. The number of carbonyl (C=O) groups excluding carboxylic acids is 1. The maximum Gasteiger partial charge on any atom is 0.227 e. The first-order valence-corrected chi connectivity index (χ1v) is 6.53. The van der Waals surface area contributed by atoms with E-state index in [2.05, 4.69) is 17.2 Å². The van der Waals surface area contributed by atoms with Gasteiger partial charge in [0, 0.05) is 32.5 Å². The second-order valence-corrected chi connectivity index (χ2v) is 5.11. The molecule has 4 nitrogen and oxygen atoms in total. The molecule has 2 atom stereocenters. The summed E-state index contributed by atoms with van der Waals surface area (Å²) >= 11 is 0. The van der Waals surface area contributed by atoms with Gasteiger partial charge in [-0.3, -0.25) is 9.78 Å². The minimum Gasteiger partial charge on any atom is -0.345 e. The van der Waals surface area contributed by atoms with Gasteiger partial charge in [0.15, 0.2) is 0 Å². The number of aromatic nitrogens is 1. The number of amides is 1. The van der Waals surface area contributed by atoms with E-state index in [-0.39, 0.29) is 11.8 Å². The second-order valence-electron chi connectivity index (χ2n) is 5.11. The zero-order chi connectivity index (χ0) is 13.0. The number of pyridine rings is 1. The molecule has 1 aliphatic heterocycles. The van der Waals surface area contributed by atoms with E-state index in [1.54, 1.807) is 12.4 Å². The quantitative estimate of drug-likeness (QED) is 0.861. The third-order valence-corrected chi connectivity index (χ3v) is 3.70. The van der Waals surface area contributed by atoms with E-state index in [1.165, 1.54) is 5.56 Å². The van der Waals surface area contributed by atoms with E-state index >= 15 is 0 Å². The molecule has 1 N–H and O–H groups in total. The van der Waals surface area contributed by atoms with Crippen LogP contribution in [0.15, 0.2) is 24.5 Å². The molecule has 0 saturated carbocycles. The molecule has 18 heavy (non-hydrogen) atoms. The van der Waals surface area contributed by atoms with Crippen LogP contribution >= 0.6 is 0 Å². The van der Waals surface area contributed by atoms with Gasteiger partial charge >= 0.3 is 0 Å². The molecule has 1 aromatic heterocycles. The van der Waals surface area contributed by atoms with Gasteiger partial charge in [0.05, 0.1) is 5.92 Å². The van der Waals surface area contributed by atoms with Crippen LogP contribution < -0.4 is 5.32 Å². The van der Waals surface area contributed by atoms with Gasteiger partial charge in [0.1, 0.15) is 0 Å². The van der Waals surface area contributed by atoms with Crippen LogP contribution in [0, 0.1) is 11.8 Å². The van der Waals surface area contributed by atoms with E-state index in [9.17, 15) is 4.79 Å². The zero-order valence-corrected chi connectivity index (χ0v) is 11.1. The number of carbonyl (C=O) groups is 1. The molecule has 2 rings (SSSR count). The van der Waals surface area contributed by atoms with Crippen molar-refractivity contribution in [2.24, 2.45) is 11.8 Å². The van der Waals surface area contributed by atoms with Crippen LogP contribution in [0.2, 0.25) is 0 Å². The Labute approximate surface area is 108 Å². The van der Waals surface area contributed by atoms with Gasteiger partial charge in [0.2, 0.25) is 5.91 Å². The van der Waals surface area contributed by atoms with Crippen molar-refractivity contribution in [3.8, 4) is 0 Å². The summed E-state index contributed by atoms with van der Waals surface area (Å²) in [5.74, 6) is 0.856. The lowest BCUT2D eigenvalue weighted by Crippen LogP contribution is -2.37. The molecule has 0 radical (unpaired) electrons. The molecule has 98 valence electrons. The van der Waals surface area contributed by atoms with Crippen LogP contribution in [-0.2, 0) is 11.2 Å². The lowest BCUT2D eigenvalue weighted by molar-refractivity contribution is -0.134. The van der Waals surface area contributed by atoms with Crippen LogP contribution in [0.1, 0.15) is 12.5 Å². The molecule has 1 amide bonds. The van der Waals surface area contributed by atoms with Gasteiger partial charge in [-0.15, -0.1) is 0 Å². The summed E-state index contributed by atoms with van der Waals surface area (Å²) < 4.78 is 0. The normalized spacial score (nSPS) is 23.0. The van der Waals surface area contributed by atoms with Gasteiger partial charge in [-0.05, 0) is 36.6 Å². The fourth-order valence-electron chi connectivity index (χ4n) is 2.38. The molecule has 1 saturated heterocycles. The van der Waals surface area contributed by atoms with E-state index < -0.39 is 0 Å². The molecule has 2 heterocycles. The molecular weight excluding hydrogens is 226 g/mol. The highest BCUT2D eigenvalue weighted by atomic mass is 16.2. The van der Waals surface area contributed by atoms with Crippen LogP contribution in [0.3, 0.4) is 0 Å². The molecule has 4 heteroatoms. The van der Waals surface area contributed by atoms with E-state index in [4.69, 9.17) is 0 Å². The monoisotopic (exact) mass is 247 g/mol. The number of hydrogen-bond acceptors (Lipinski definition) is 3. The topological polar surface area (TPSA) is 45.2 Å². The number of hydrogen-bond donors (Lipinski definition) is 1. The van der Waals surface area contributed by atoms with Crippen molar-refractivity contribution in [3.05, 3.63) is 30.1 Å². The van der Waals surface area contributed by atoms with Crippen LogP contribution in [0.25, 0.3) is 0 Å². The average molecular weight is 247 g/mol. The highest BCUT2D eigenvalue weighted by molar-refractivity contribution is 5.79. The fraction of sp³-hybridized carbons (Fsp3) is 0.571. The Morgan fingerprint density at radius 3 is 2.78 bits per heavy atom. The van der Waals surface area contributed by atoms with Crippen molar-refractivity contribution < 1.29 is 4.79 Å². The third kappa shape index (κ3) is 3.07. The molecule has 0 bridgehead atoms. The largest absolute Gasteiger partial charge is 0.345 e. The number of rotatable bonds is 4. The summed E-state index contributed by atoms with van der Waals surface area (Å²) in [6.45, 7) is 4.68. The Hall–Kier alpha value is -1.42. The van der Waals surface area contributed by atoms with Crippen LogP contribution in [0.5, 0.6) is 0 Å². The SMILES string of the molecule is C[C@@H]1CNC[C@H]1C(=O)N(C)CCc1ccncc1. The summed E-state index contributed by atoms with van der Waals surface area (Å²) in [6, 6.07) is 4.00. The van der Waals surface area contributed by atoms with Crippen LogP contribution in [0.4, 0.5) is 0 Å². The first-order chi connectivity index (χ1) is 8.68. The Kier molecular flexibility index (Phi) is 4.31. The van der Waals surface area contributed by atoms with Crippen molar-refractivity contribution in [3.63, 3.8) is 0 Å². The minimum atomic E-state index is 0.146. The summed E-state index contributed by atoms with van der Waals surface area (Å²) in [4.78, 5) is 18.1. The molecule has 1 fully saturated rings. The predicted molar refractivity (Wildman–Crippen MR) is 71.1 cm³/mol. The van der Waals surface area contributed by atoms with E-state index in [0.29, 0.717) is 5.92 Å². The maximum atomic E-state index is 12.3. The Bertz CT molecular complexity index is 393. The van der Waals surface area contributed by atoms with E-state index in [0.717, 1.165) is 26.1 Å². The van der Waals surface area contributed by atoms with Gasteiger partial charge in [0.25, 0.3) is 0 Å². The van der Waals surface area contributed by atoms with Crippen molar-refractivity contribution in [2.75, 3.05) is 26.7 Å². The third-order valence-electron chi connectivity index (χ3n) is 3.70. The number of likely N-dealkylation sites (N-methyl/N-ethyl adjacent to an activating group) is 1. The summed E-state index contributed by atoms with van der Waals surface area (Å²) in [6.07, 6.45) is 4.47. The molecule has 1 aromatic rings. The number of nitrogens with one attached hydrogen (secondary N) is 1. The van der Waals surface area contributed by atoms with Crippen LogP contribution in [-0.4, -0.2) is 42.5 Å². The highest BCUT2D eigenvalue weighted by Gasteiger charge is 2.31. The highest BCUT2D eigenvalue weighted by Crippen LogP contribution is 2.18. The van der Waals surface area contributed by atoms with Gasteiger partial charge in [-0.2, -0.15) is 0 Å². The van der Waals surface area contributed by atoms with Crippen molar-refractivity contribution in [1.82, 2.24) is 15.2 Å². The predicted octanol–water partition coefficient (Wildman–Crippen LogP) is 0.938. The zero-order valence-electron chi connectivity index (χ0n) is 11.1. The fourth-order valence-corrected chi connectivity index (χ4v) is 2.38. The molecule has 0 spiro atoms. The Morgan fingerprint density at radius 1 is 1.44 bits per heavy atom. The lowest BCUT2D eigenvalue weighted by Gasteiger charge is -2.22. The standard InChI is InChI=1S/C14H21N3O/c1-11-9-16-10-13(11)14(18)17(2)8-5-12-3-6-15-7-4-12/h3-4,6-7,11,13,16H,5,8-10H2,1-2H3/t11-,13-/m1/s1. The Morgan fingerprint density at radius 2 is 2.17 bits per heavy atom. The van der Waals surface area contributed by atoms with Crippen molar-refractivity contribution in [1.29, 1.82) is 0 Å². The summed E-state index contributed by atoms with van der Waals surface area (Å²) in [7, 11) is 1.90. The maximum absolute atomic E-state index is 12.3. The first-order valence-electron chi connectivity index (χ1n) is 6.53. The molecule has 0 aromatic carbocycles. The van der Waals surface area contributed by atoms with E-state index in [1.807, 2.05) is 24.1 Å². The van der Waals surface area contributed by atoms with Gasteiger partial charge in [-0.1, -0.05) is 6.92 Å². The van der Waals surface area contributed by atoms with Crippen molar-refractivity contribution in [2.45, 2.75) is 13.3 Å². The summed E-state index contributed by atoms with van der Waals surface area (Å²) in [5.41, 5.74) is 1.22. The van der Waals surface area contributed by atoms with Gasteiger partial charge < -0.3 is 10.2 Å². The first kappa shape index (κ1) is 13.0. The minimum absolute atomic E-state index is 0.146.